The van der Waals surface area contributed by atoms with Gasteiger partial charge in [-0.1, -0.05) is 23.7 Å². The molecule has 0 radical (unpaired) electrons. The molecule has 10 heteroatoms. The van der Waals surface area contributed by atoms with E-state index in [1.54, 1.807) is 29.2 Å². The second-order valence-electron chi connectivity index (χ2n) is 7.28. The van der Waals surface area contributed by atoms with E-state index in [9.17, 15) is 18.0 Å². The number of hydrogen-bond acceptors (Lipinski definition) is 5. The second-order valence-corrected chi connectivity index (χ2v) is 9.60. The van der Waals surface area contributed by atoms with E-state index in [-0.39, 0.29) is 34.5 Å². The van der Waals surface area contributed by atoms with Gasteiger partial charge in [0, 0.05) is 31.6 Å². The van der Waals surface area contributed by atoms with Crippen molar-refractivity contribution in [3.8, 4) is 0 Å². The maximum atomic E-state index is 13.0. The van der Waals surface area contributed by atoms with E-state index in [4.69, 9.17) is 16.3 Å². The lowest BCUT2D eigenvalue weighted by Crippen LogP contribution is -2.40. The quantitative estimate of drug-likeness (QED) is 0.735. The average Bonchev–Trinajstić information content (AvgIpc) is 3.20. The molecule has 0 spiro atoms. The van der Waals surface area contributed by atoms with E-state index in [0.29, 0.717) is 37.6 Å². The van der Waals surface area contributed by atoms with E-state index in [1.165, 1.54) is 22.5 Å². The van der Waals surface area contributed by atoms with Crippen LogP contribution < -0.4 is 10.2 Å². The summed E-state index contributed by atoms with van der Waals surface area (Å²) in [6.07, 6.45) is 1.24. The molecule has 2 aliphatic rings. The number of anilines is 2. The fourth-order valence-corrected chi connectivity index (χ4v) is 5.59. The highest BCUT2D eigenvalue weighted by Crippen LogP contribution is 2.31. The lowest BCUT2D eigenvalue weighted by atomic mass is 10.2. The van der Waals surface area contributed by atoms with E-state index in [2.05, 4.69) is 5.32 Å². The Balaban J connectivity index is 1.61. The van der Waals surface area contributed by atoms with Gasteiger partial charge in [-0.25, -0.2) is 8.42 Å². The van der Waals surface area contributed by atoms with E-state index in [1.807, 2.05) is 0 Å². The summed E-state index contributed by atoms with van der Waals surface area (Å²) in [5.74, 6) is -0.485. The molecule has 0 atom stereocenters. The molecule has 0 bridgehead atoms. The molecule has 2 aliphatic heterocycles. The van der Waals surface area contributed by atoms with Crippen molar-refractivity contribution in [1.82, 2.24) is 4.31 Å². The third-order valence-electron chi connectivity index (χ3n) is 5.30. The zero-order valence-corrected chi connectivity index (χ0v) is 18.3. The van der Waals surface area contributed by atoms with Crippen LogP contribution in [0.4, 0.5) is 11.4 Å². The van der Waals surface area contributed by atoms with Crippen LogP contribution in [0.15, 0.2) is 47.4 Å². The third-order valence-corrected chi connectivity index (χ3v) is 7.68. The monoisotopic (exact) mass is 463 g/mol. The lowest BCUT2D eigenvalue weighted by molar-refractivity contribution is -0.117. The Morgan fingerprint density at radius 1 is 1.06 bits per heavy atom. The van der Waals surface area contributed by atoms with Crippen LogP contribution >= 0.6 is 11.6 Å². The summed E-state index contributed by atoms with van der Waals surface area (Å²) in [4.78, 5) is 26.6. The van der Waals surface area contributed by atoms with Gasteiger partial charge in [-0.05, 0) is 36.8 Å². The Bertz CT molecular complexity index is 1120. The summed E-state index contributed by atoms with van der Waals surface area (Å²) in [5, 5.41) is 2.84. The Morgan fingerprint density at radius 3 is 2.52 bits per heavy atom. The summed E-state index contributed by atoms with van der Waals surface area (Å²) in [6.45, 7) is 1.67. The summed E-state index contributed by atoms with van der Waals surface area (Å²) < 4.78 is 32.5. The largest absolute Gasteiger partial charge is 0.379 e. The number of hydrogen-bond donors (Lipinski definition) is 1. The van der Waals surface area contributed by atoms with Gasteiger partial charge in [0.15, 0.2) is 0 Å². The average molecular weight is 464 g/mol. The van der Waals surface area contributed by atoms with E-state index >= 15 is 0 Å². The Kier molecular flexibility index (Phi) is 6.29. The molecule has 2 aromatic carbocycles. The van der Waals surface area contributed by atoms with Crippen molar-refractivity contribution >= 4 is 44.8 Å². The first kappa shape index (κ1) is 21.8. The number of amides is 2. The lowest BCUT2D eigenvalue weighted by Gasteiger charge is -2.26. The van der Waals surface area contributed by atoms with Gasteiger partial charge >= 0.3 is 0 Å². The van der Waals surface area contributed by atoms with Crippen LogP contribution in [0.25, 0.3) is 0 Å². The van der Waals surface area contributed by atoms with Crippen LogP contribution in [0.1, 0.15) is 23.2 Å². The first-order valence-electron chi connectivity index (χ1n) is 9.96. The molecule has 0 aromatic heterocycles. The Hall–Kier alpha value is -2.46. The standard InChI is InChI=1S/C21H22ClN3O5S/c22-16-8-7-15(14-19(16)31(28,29)24-10-12-30-13-11-24)21(27)23-17-4-1-2-5-18(17)25-9-3-6-20(25)26/h1-2,4-5,7-8,14H,3,6,9-13H2,(H,23,27). The first-order valence-corrected chi connectivity index (χ1v) is 11.8. The van der Waals surface area contributed by atoms with Crippen molar-refractivity contribution in [2.45, 2.75) is 17.7 Å². The van der Waals surface area contributed by atoms with Crippen molar-refractivity contribution in [3.05, 3.63) is 53.1 Å². The molecule has 8 nitrogen and oxygen atoms in total. The smallest absolute Gasteiger partial charge is 0.255 e. The Morgan fingerprint density at radius 2 is 1.81 bits per heavy atom. The highest BCUT2D eigenvalue weighted by atomic mass is 35.5. The minimum Gasteiger partial charge on any atom is -0.379 e. The summed E-state index contributed by atoms with van der Waals surface area (Å²) >= 11 is 6.18. The number of nitrogens with zero attached hydrogens (tertiary/aromatic N) is 2. The molecule has 2 heterocycles. The number of nitrogens with one attached hydrogen (secondary N) is 1. The molecule has 0 aliphatic carbocycles. The molecule has 2 fully saturated rings. The van der Waals surface area contributed by atoms with Crippen LogP contribution in [0.2, 0.25) is 5.02 Å². The maximum Gasteiger partial charge on any atom is 0.255 e. The molecule has 0 unspecified atom stereocenters. The molecule has 0 saturated carbocycles. The van der Waals surface area contributed by atoms with Gasteiger partial charge in [0.05, 0.1) is 29.6 Å². The normalized spacial score (nSPS) is 17.7. The minimum atomic E-state index is -3.86. The highest BCUT2D eigenvalue weighted by Gasteiger charge is 2.29. The number of halogens is 1. The van der Waals surface area contributed by atoms with Crippen molar-refractivity contribution in [2.75, 3.05) is 43.1 Å². The number of rotatable bonds is 5. The van der Waals surface area contributed by atoms with Gasteiger partial charge in [-0.2, -0.15) is 4.31 Å². The molecule has 1 N–H and O–H groups in total. The summed E-state index contributed by atoms with van der Waals surface area (Å²) in [7, 11) is -3.86. The number of carbonyl (C=O) groups is 2. The number of benzene rings is 2. The van der Waals surface area contributed by atoms with Gasteiger partial charge in [0.2, 0.25) is 15.9 Å². The molecular weight excluding hydrogens is 442 g/mol. The number of para-hydroxylation sites is 2. The summed E-state index contributed by atoms with van der Waals surface area (Å²) in [5.41, 5.74) is 1.25. The van der Waals surface area contributed by atoms with Crippen LogP contribution in [-0.2, 0) is 19.6 Å². The fraction of sp³-hybridized carbons (Fsp3) is 0.333. The molecule has 2 amide bonds. The van der Waals surface area contributed by atoms with Gasteiger partial charge in [0.1, 0.15) is 4.90 Å². The fourth-order valence-electron chi connectivity index (χ4n) is 3.68. The van der Waals surface area contributed by atoms with Gasteiger partial charge < -0.3 is 15.0 Å². The van der Waals surface area contributed by atoms with Crippen molar-refractivity contribution in [1.29, 1.82) is 0 Å². The molecule has 2 aromatic rings. The second kappa shape index (κ2) is 8.96. The molecule has 164 valence electrons. The van der Waals surface area contributed by atoms with Crippen LogP contribution in [0.5, 0.6) is 0 Å². The Labute approximate surface area is 185 Å². The SMILES string of the molecule is O=C(Nc1ccccc1N1CCCC1=O)c1ccc(Cl)c(S(=O)(=O)N2CCOCC2)c1. The highest BCUT2D eigenvalue weighted by molar-refractivity contribution is 7.89. The van der Waals surface area contributed by atoms with Gasteiger partial charge in [-0.15, -0.1) is 0 Å². The minimum absolute atomic E-state index is 0.00656. The predicted molar refractivity (Wildman–Crippen MR) is 117 cm³/mol. The molecule has 4 rings (SSSR count). The summed E-state index contributed by atoms with van der Waals surface area (Å²) in [6, 6.07) is 11.2. The van der Waals surface area contributed by atoms with Crippen LogP contribution in [0.3, 0.4) is 0 Å². The maximum absolute atomic E-state index is 13.0. The van der Waals surface area contributed by atoms with Gasteiger partial charge in [0.25, 0.3) is 5.91 Å². The molecular formula is C21H22ClN3O5S. The van der Waals surface area contributed by atoms with E-state index < -0.39 is 15.9 Å². The van der Waals surface area contributed by atoms with E-state index in [0.717, 1.165) is 6.42 Å². The topological polar surface area (TPSA) is 96.0 Å². The first-order chi connectivity index (χ1) is 14.9. The zero-order chi connectivity index (χ0) is 22.0. The number of carbonyl (C=O) groups excluding carboxylic acids is 2. The number of ether oxygens (including phenoxy) is 1. The van der Waals surface area contributed by atoms with Crippen molar-refractivity contribution < 1.29 is 22.7 Å². The zero-order valence-electron chi connectivity index (χ0n) is 16.7. The third kappa shape index (κ3) is 4.45. The van der Waals surface area contributed by atoms with Crippen LogP contribution in [0, 0.1) is 0 Å². The molecule has 31 heavy (non-hydrogen) atoms. The van der Waals surface area contributed by atoms with Gasteiger partial charge in [-0.3, -0.25) is 9.59 Å². The number of sulfonamides is 1. The predicted octanol–water partition coefficient (Wildman–Crippen LogP) is 2.74. The molecule has 2 saturated heterocycles. The number of morpholine rings is 1. The van der Waals surface area contributed by atoms with Crippen LogP contribution in [-0.4, -0.2) is 57.4 Å². The van der Waals surface area contributed by atoms with Crippen molar-refractivity contribution in [2.24, 2.45) is 0 Å². The van der Waals surface area contributed by atoms with Crippen molar-refractivity contribution in [3.63, 3.8) is 0 Å².